The van der Waals surface area contributed by atoms with Crippen LogP contribution < -0.4 is 5.73 Å². The molecule has 0 fully saturated rings. The zero-order valence-corrected chi connectivity index (χ0v) is 6.86. The van der Waals surface area contributed by atoms with Crippen molar-refractivity contribution in [3.05, 3.63) is 35.5 Å². The predicted molar refractivity (Wildman–Crippen MR) is 46.7 cm³/mol. The van der Waals surface area contributed by atoms with Crippen LogP contribution in [0.15, 0.2) is 35.5 Å². The lowest BCUT2D eigenvalue weighted by molar-refractivity contribution is 1.19. The Morgan fingerprint density at radius 2 is 2.30 bits per heavy atom. The normalized spacial score (nSPS) is 12.4. The molecule has 0 saturated carbocycles. The average Bonchev–Trinajstić information content (AvgIpc) is 1.87. The first-order valence-electron chi connectivity index (χ1n) is 3.14. The molecule has 0 aliphatic heterocycles. The van der Waals surface area contributed by atoms with Crippen LogP contribution in [0, 0.1) is 0 Å². The van der Waals surface area contributed by atoms with Gasteiger partial charge in [-0.25, -0.2) is 0 Å². The summed E-state index contributed by atoms with van der Waals surface area (Å²) in [6.45, 7) is 5.49. The molecule has 0 radical (unpaired) electrons. The number of rotatable bonds is 3. The summed E-state index contributed by atoms with van der Waals surface area (Å²) in [6, 6.07) is 0. The second kappa shape index (κ2) is 5.12. The van der Waals surface area contributed by atoms with Crippen LogP contribution in [0.1, 0.15) is 13.3 Å². The molecule has 10 heavy (non-hydrogen) atoms. The first-order valence-corrected chi connectivity index (χ1v) is 3.51. The minimum absolute atomic E-state index is 0.539. The molecule has 0 amide bonds. The van der Waals surface area contributed by atoms with E-state index in [1.807, 2.05) is 6.92 Å². The van der Waals surface area contributed by atoms with Crippen molar-refractivity contribution in [1.29, 1.82) is 0 Å². The second-order valence-electron chi connectivity index (χ2n) is 1.90. The number of halogens is 1. The van der Waals surface area contributed by atoms with E-state index < -0.39 is 0 Å². The molecule has 0 aromatic rings. The van der Waals surface area contributed by atoms with E-state index in [4.69, 9.17) is 17.3 Å². The lowest BCUT2D eigenvalue weighted by Gasteiger charge is -1.86. The summed E-state index contributed by atoms with van der Waals surface area (Å²) < 4.78 is 0. The molecule has 2 N–H and O–H groups in total. The number of allylic oxidation sites excluding steroid dienone is 4. The Morgan fingerprint density at radius 1 is 1.70 bits per heavy atom. The molecule has 0 bridgehead atoms. The highest BCUT2D eigenvalue weighted by Gasteiger charge is 1.80. The Kier molecular flexibility index (Phi) is 4.77. The van der Waals surface area contributed by atoms with Gasteiger partial charge in [-0.05, 0) is 18.6 Å². The minimum atomic E-state index is 0.539. The summed E-state index contributed by atoms with van der Waals surface area (Å²) in [5, 5.41) is 0.817. The summed E-state index contributed by atoms with van der Waals surface area (Å²) >= 11 is 5.69. The monoisotopic (exact) mass is 157 g/mol. The first kappa shape index (κ1) is 9.31. The summed E-state index contributed by atoms with van der Waals surface area (Å²) in [6.07, 6.45) is 6.15. The van der Waals surface area contributed by atoms with Crippen molar-refractivity contribution >= 4 is 11.6 Å². The van der Waals surface area contributed by atoms with Crippen molar-refractivity contribution < 1.29 is 0 Å². The quantitative estimate of drug-likeness (QED) is 0.627. The van der Waals surface area contributed by atoms with E-state index in [1.165, 1.54) is 0 Å². The molecule has 0 heterocycles. The maximum absolute atomic E-state index is 5.69. The average molecular weight is 158 g/mol. The highest BCUT2D eigenvalue weighted by molar-refractivity contribution is 6.29. The molecular formula is C8H12ClN. The van der Waals surface area contributed by atoms with Gasteiger partial charge in [0.1, 0.15) is 0 Å². The van der Waals surface area contributed by atoms with Gasteiger partial charge in [0.2, 0.25) is 0 Å². The van der Waals surface area contributed by atoms with Gasteiger partial charge in [0.15, 0.2) is 0 Å². The molecule has 2 heteroatoms. The second-order valence-corrected chi connectivity index (χ2v) is 2.39. The van der Waals surface area contributed by atoms with Crippen LogP contribution in [-0.4, -0.2) is 0 Å². The van der Waals surface area contributed by atoms with Gasteiger partial charge in [-0.3, -0.25) is 0 Å². The largest absolute Gasteiger partial charge is 0.399 e. The Labute approximate surface area is 66.9 Å². The van der Waals surface area contributed by atoms with Gasteiger partial charge in [0, 0.05) is 10.7 Å². The van der Waals surface area contributed by atoms with Gasteiger partial charge in [0.25, 0.3) is 0 Å². The van der Waals surface area contributed by atoms with Crippen LogP contribution in [0.25, 0.3) is 0 Å². The van der Waals surface area contributed by atoms with Crippen LogP contribution in [0.3, 0.4) is 0 Å². The van der Waals surface area contributed by atoms with Crippen molar-refractivity contribution in [1.82, 2.24) is 0 Å². The predicted octanol–water partition coefficient (Wildman–Crippen LogP) is 2.55. The van der Waals surface area contributed by atoms with Crippen LogP contribution >= 0.6 is 11.6 Å². The minimum Gasteiger partial charge on any atom is -0.399 e. The fraction of sp³-hybridized carbons (Fsp3) is 0.250. The van der Waals surface area contributed by atoms with Gasteiger partial charge in [-0.2, -0.15) is 0 Å². The van der Waals surface area contributed by atoms with Gasteiger partial charge >= 0.3 is 0 Å². The molecule has 0 rings (SSSR count). The van der Waals surface area contributed by atoms with Crippen molar-refractivity contribution in [2.45, 2.75) is 13.3 Å². The molecule has 0 spiro atoms. The summed E-state index contributed by atoms with van der Waals surface area (Å²) in [5.74, 6) is 0. The molecule has 0 aromatic heterocycles. The maximum atomic E-state index is 5.69. The lowest BCUT2D eigenvalue weighted by Crippen LogP contribution is -1.87. The Bertz CT molecular complexity index is 168. The molecule has 0 unspecified atom stereocenters. The maximum Gasteiger partial charge on any atom is 0.0240 e. The highest BCUT2D eigenvalue weighted by Crippen LogP contribution is 2.05. The van der Waals surface area contributed by atoms with Crippen molar-refractivity contribution in [3.8, 4) is 0 Å². The zero-order valence-electron chi connectivity index (χ0n) is 6.10. The van der Waals surface area contributed by atoms with Crippen molar-refractivity contribution in [2.24, 2.45) is 5.73 Å². The molecule has 0 aliphatic carbocycles. The third kappa shape index (κ3) is 5.45. The molecule has 0 saturated heterocycles. The molecule has 0 aromatic carbocycles. The highest BCUT2D eigenvalue weighted by atomic mass is 35.5. The summed E-state index contributed by atoms with van der Waals surface area (Å²) in [7, 11) is 0. The number of nitrogens with two attached hydrogens (primary N) is 1. The van der Waals surface area contributed by atoms with Gasteiger partial charge in [-0.15, -0.1) is 0 Å². The smallest absolute Gasteiger partial charge is 0.0240 e. The van der Waals surface area contributed by atoms with E-state index in [9.17, 15) is 0 Å². The van der Waals surface area contributed by atoms with E-state index >= 15 is 0 Å². The third-order valence-electron chi connectivity index (χ3n) is 0.925. The first-order chi connectivity index (χ1) is 4.66. The lowest BCUT2D eigenvalue weighted by atomic mass is 10.3. The van der Waals surface area contributed by atoms with E-state index in [0.717, 1.165) is 11.5 Å². The summed E-state index contributed by atoms with van der Waals surface area (Å²) in [4.78, 5) is 0. The Hall–Kier alpha value is -0.690. The number of hydrogen-bond acceptors (Lipinski definition) is 1. The van der Waals surface area contributed by atoms with E-state index in [2.05, 4.69) is 6.58 Å². The van der Waals surface area contributed by atoms with E-state index in [-0.39, 0.29) is 0 Å². The van der Waals surface area contributed by atoms with Crippen LogP contribution in [0.2, 0.25) is 0 Å². The topological polar surface area (TPSA) is 26.0 Å². The van der Waals surface area contributed by atoms with Gasteiger partial charge in [-0.1, -0.05) is 31.2 Å². The molecule has 56 valence electrons. The molecular weight excluding hydrogens is 146 g/mol. The molecule has 0 aliphatic rings. The Balaban J connectivity index is 3.82. The standard InChI is InChI=1S/C8H12ClN/c1-3-8(9)6-4-5-7(2)10/h4-6H,2-3,10H2,1H3/b5-4-,8-6+. The fourth-order valence-electron chi connectivity index (χ4n) is 0.394. The molecule has 1 nitrogen and oxygen atoms in total. The van der Waals surface area contributed by atoms with Crippen molar-refractivity contribution in [3.63, 3.8) is 0 Å². The van der Waals surface area contributed by atoms with E-state index in [0.29, 0.717) is 5.70 Å². The van der Waals surface area contributed by atoms with Crippen LogP contribution in [0.5, 0.6) is 0 Å². The van der Waals surface area contributed by atoms with Crippen LogP contribution in [-0.2, 0) is 0 Å². The SMILES string of the molecule is C=C(N)/C=C\C=C(\Cl)CC. The van der Waals surface area contributed by atoms with E-state index in [1.54, 1.807) is 18.2 Å². The number of hydrogen-bond donors (Lipinski definition) is 1. The zero-order chi connectivity index (χ0) is 7.98. The van der Waals surface area contributed by atoms with Crippen LogP contribution in [0.4, 0.5) is 0 Å². The van der Waals surface area contributed by atoms with Gasteiger partial charge < -0.3 is 5.73 Å². The summed E-state index contributed by atoms with van der Waals surface area (Å²) in [5.41, 5.74) is 5.81. The Morgan fingerprint density at radius 3 is 2.70 bits per heavy atom. The fourth-order valence-corrected chi connectivity index (χ4v) is 0.467. The van der Waals surface area contributed by atoms with Crippen molar-refractivity contribution in [2.75, 3.05) is 0 Å². The van der Waals surface area contributed by atoms with Gasteiger partial charge in [0.05, 0.1) is 0 Å². The third-order valence-corrected chi connectivity index (χ3v) is 1.32. The molecule has 0 atom stereocenters.